The van der Waals surface area contributed by atoms with E-state index < -0.39 is 0 Å². The molecule has 2 fully saturated rings. The van der Waals surface area contributed by atoms with E-state index in [1.165, 1.54) is 12.8 Å². The Bertz CT molecular complexity index is 665. The third-order valence-electron chi connectivity index (χ3n) is 4.81. The highest BCUT2D eigenvalue weighted by atomic mass is 32.1. The van der Waals surface area contributed by atoms with Gasteiger partial charge in [-0.15, -0.1) is 0 Å². The van der Waals surface area contributed by atoms with Gasteiger partial charge in [-0.1, -0.05) is 0 Å². The van der Waals surface area contributed by atoms with E-state index in [4.69, 9.17) is 17.0 Å². The Balaban J connectivity index is 1.38. The predicted octanol–water partition coefficient (Wildman–Crippen LogP) is 1.53. The molecule has 1 N–H and O–H groups in total. The average molecular weight is 345 g/mol. The van der Waals surface area contributed by atoms with Gasteiger partial charge in [0.1, 0.15) is 11.4 Å². The summed E-state index contributed by atoms with van der Waals surface area (Å²) in [6, 6.07) is 2.84. The van der Waals surface area contributed by atoms with Crippen LogP contribution in [0.5, 0.6) is 5.75 Å². The number of piperazine rings is 1. The molecule has 1 aliphatic carbocycles. The van der Waals surface area contributed by atoms with Crippen LogP contribution in [0.15, 0.2) is 17.4 Å². The topological polar surface area (TPSA) is 53.0 Å². The number of pyridine rings is 1. The summed E-state index contributed by atoms with van der Waals surface area (Å²) in [5, 5.41) is 5.23. The number of hydrazone groups is 1. The number of aromatic nitrogens is 1. The summed E-state index contributed by atoms with van der Waals surface area (Å²) >= 11 is 5.52. The van der Waals surface area contributed by atoms with Gasteiger partial charge >= 0.3 is 0 Å². The van der Waals surface area contributed by atoms with Crippen molar-refractivity contribution < 1.29 is 4.74 Å². The first kappa shape index (κ1) is 15.8. The van der Waals surface area contributed by atoms with Crippen LogP contribution in [0.1, 0.15) is 30.5 Å². The first-order valence-corrected chi connectivity index (χ1v) is 9.07. The van der Waals surface area contributed by atoms with Crippen molar-refractivity contribution in [1.29, 1.82) is 0 Å². The summed E-state index contributed by atoms with van der Waals surface area (Å²) < 4.78 is 5.68. The normalized spacial score (nSPS) is 22.9. The van der Waals surface area contributed by atoms with Gasteiger partial charge in [-0.3, -0.25) is 15.3 Å². The molecule has 128 valence electrons. The SMILES string of the molecule is Cc1cnc2c(c1)OCC/C2=N/NC(=S)N1CCN(C2CC2)CC1. The lowest BCUT2D eigenvalue weighted by atomic mass is 10.1. The second-order valence-corrected chi connectivity index (χ2v) is 7.07. The molecule has 1 aromatic heterocycles. The molecule has 7 heteroatoms. The third kappa shape index (κ3) is 3.37. The number of hydrogen-bond donors (Lipinski definition) is 1. The fraction of sp³-hybridized carbons (Fsp3) is 0.588. The molecule has 2 aliphatic heterocycles. The Morgan fingerprint density at radius 1 is 1.33 bits per heavy atom. The molecule has 0 unspecified atom stereocenters. The number of hydrogen-bond acceptors (Lipinski definition) is 5. The molecule has 3 heterocycles. The fourth-order valence-electron chi connectivity index (χ4n) is 3.27. The van der Waals surface area contributed by atoms with Gasteiger partial charge in [-0.05, 0) is 43.6 Å². The van der Waals surface area contributed by atoms with Gasteiger partial charge in [0.05, 0.1) is 12.3 Å². The zero-order valence-electron chi connectivity index (χ0n) is 14.0. The van der Waals surface area contributed by atoms with Gasteiger partial charge in [0, 0.05) is 44.8 Å². The first-order chi connectivity index (χ1) is 11.7. The smallest absolute Gasteiger partial charge is 0.189 e. The van der Waals surface area contributed by atoms with Crippen LogP contribution in [-0.2, 0) is 0 Å². The minimum Gasteiger partial charge on any atom is -0.491 e. The van der Waals surface area contributed by atoms with Crippen LogP contribution in [0.4, 0.5) is 0 Å². The molecular formula is C17H23N5OS. The minimum atomic E-state index is 0.630. The number of nitrogens with zero attached hydrogens (tertiary/aromatic N) is 4. The van der Waals surface area contributed by atoms with Crippen LogP contribution < -0.4 is 10.2 Å². The molecule has 0 atom stereocenters. The zero-order valence-corrected chi connectivity index (χ0v) is 14.8. The summed E-state index contributed by atoms with van der Waals surface area (Å²) in [6.45, 7) is 6.79. The summed E-state index contributed by atoms with van der Waals surface area (Å²) in [5.74, 6) is 0.811. The second kappa shape index (κ2) is 6.64. The summed E-state index contributed by atoms with van der Waals surface area (Å²) in [7, 11) is 0. The van der Waals surface area contributed by atoms with Crippen LogP contribution in [-0.4, -0.2) is 64.4 Å². The van der Waals surface area contributed by atoms with Gasteiger partial charge < -0.3 is 9.64 Å². The van der Waals surface area contributed by atoms with Crippen LogP contribution >= 0.6 is 12.2 Å². The Hall–Kier alpha value is -1.73. The van der Waals surface area contributed by atoms with E-state index in [0.717, 1.165) is 61.4 Å². The van der Waals surface area contributed by atoms with E-state index in [2.05, 4.69) is 25.3 Å². The van der Waals surface area contributed by atoms with Crippen molar-refractivity contribution in [3.63, 3.8) is 0 Å². The number of fused-ring (bicyclic) bond motifs is 1. The maximum atomic E-state index is 5.68. The number of thiocarbonyl (C=S) groups is 1. The lowest BCUT2D eigenvalue weighted by molar-refractivity contribution is 0.173. The van der Waals surface area contributed by atoms with Crippen molar-refractivity contribution >= 4 is 23.0 Å². The van der Waals surface area contributed by atoms with Crippen molar-refractivity contribution in [2.45, 2.75) is 32.2 Å². The molecular weight excluding hydrogens is 322 g/mol. The van der Waals surface area contributed by atoms with Crippen LogP contribution in [0.2, 0.25) is 0 Å². The highest BCUT2D eigenvalue weighted by Gasteiger charge is 2.31. The molecule has 4 rings (SSSR count). The number of nitrogens with one attached hydrogen (secondary N) is 1. The molecule has 1 saturated heterocycles. The summed E-state index contributed by atoms with van der Waals surface area (Å²) in [6.07, 6.45) is 5.32. The van der Waals surface area contributed by atoms with Gasteiger partial charge in [0.2, 0.25) is 0 Å². The molecule has 0 bridgehead atoms. The van der Waals surface area contributed by atoms with E-state index in [1.54, 1.807) is 0 Å². The van der Waals surface area contributed by atoms with Crippen molar-refractivity contribution in [2.75, 3.05) is 32.8 Å². The quantitative estimate of drug-likeness (QED) is 0.648. The predicted molar refractivity (Wildman–Crippen MR) is 97.5 cm³/mol. The van der Waals surface area contributed by atoms with Gasteiger partial charge in [-0.2, -0.15) is 5.10 Å². The van der Waals surface area contributed by atoms with E-state index >= 15 is 0 Å². The van der Waals surface area contributed by atoms with Gasteiger partial charge in [0.25, 0.3) is 0 Å². The molecule has 0 spiro atoms. The maximum absolute atomic E-state index is 5.68. The number of ether oxygens (including phenoxy) is 1. The molecule has 3 aliphatic rings. The highest BCUT2D eigenvalue weighted by molar-refractivity contribution is 7.80. The minimum absolute atomic E-state index is 0.630. The third-order valence-corrected chi connectivity index (χ3v) is 5.16. The summed E-state index contributed by atoms with van der Waals surface area (Å²) in [5.41, 5.74) is 5.89. The standard InChI is InChI=1S/C17H23N5OS/c1-12-10-15-16(18-11-12)14(4-9-23-15)19-20-17(24)22-7-5-21(6-8-22)13-2-3-13/h10-11,13H,2-9H2,1H3,(H,20,24)/b19-14-. The monoisotopic (exact) mass is 345 g/mol. The van der Waals surface area contributed by atoms with E-state index in [0.29, 0.717) is 11.7 Å². The Morgan fingerprint density at radius 2 is 2.12 bits per heavy atom. The Labute approximate surface area is 147 Å². The van der Waals surface area contributed by atoms with Crippen molar-refractivity contribution in [2.24, 2.45) is 5.10 Å². The second-order valence-electron chi connectivity index (χ2n) is 6.69. The van der Waals surface area contributed by atoms with E-state index in [9.17, 15) is 0 Å². The molecule has 1 aromatic rings. The zero-order chi connectivity index (χ0) is 16.5. The fourth-order valence-corrected chi connectivity index (χ4v) is 3.50. The number of aryl methyl sites for hydroxylation is 1. The molecule has 6 nitrogen and oxygen atoms in total. The molecule has 0 amide bonds. The average Bonchev–Trinajstić information content (AvgIpc) is 3.44. The van der Waals surface area contributed by atoms with E-state index in [-0.39, 0.29) is 0 Å². The molecule has 0 radical (unpaired) electrons. The maximum Gasteiger partial charge on any atom is 0.189 e. The number of rotatable bonds is 2. The first-order valence-electron chi connectivity index (χ1n) is 8.66. The van der Waals surface area contributed by atoms with Crippen LogP contribution in [0, 0.1) is 6.92 Å². The lowest BCUT2D eigenvalue weighted by Gasteiger charge is -2.35. The van der Waals surface area contributed by atoms with Crippen LogP contribution in [0.25, 0.3) is 0 Å². The molecule has 0 aromatic carbocycles. The molecule has 1 saturated carbocycles. The lowest BCUT2D eigenvalue weighted by Crippen LogP contribution is -2.51. The van der Waals surface area contributed by atoms with Crippen molar-refractivity contribution in [3.8, 4) is 5.75 Å². The largest absolute Gasteiger partial charge is 0.491 e. The Kier molecular flexibility index (Phi) is 4.37. The van der Waals surface area contributed by atoms with Crippen molar-refractivity contribution in [3.05, 3.63) is 23.5 Å². The van der Waals surface area contributed by atoms with Gasteiger partial charge in [0.15, 0.2) is 5.11 Å². The van der Waals surface area contributed by atoms with E-state index in [1.807, 2.05) is 19.2 Å². The molecule has 24 heavy (non-hydrogen) atoms. The van der Waals surface area contributed by atoms with Crippen LogP contribution in [0.3, 0.4) is 0 Å². The van der Waals surface area contributed by atoms with Crippen molar-refractivity contribution in [1.82, 2.24) is 20.2 Å². The highest BCUT2D eigenvalue weighted by Crippen LogP contribution is 2.27. The Morgan fingerprint density at radius 3 is 2.88 bits per heavy atom. The summed E-state index contributed by atoms with van der Waals surface area (Å²) in [4.78, 5) is 9.25. The van der Waals surface area contributed by atoms with Gasteiger partial charge in [-0.25, -0.2) is 0 Å².